The SMILES string of the molecule is CCC1COC2C(OC3CCCCO3)COC12. The largest absolute Gasteiger partial charge is 0.372 e. The zero-order chi connectivity index (χ0) is 11.7. The van der Waals surface area contributed by atoms with Gasteiger partial charge in [-0.3, -0.25) is 0 Å². The van der Waals surface area contributed by atoms with Crippen molar-refractivity contribution in [2.24, 2.45) is 5.92 Å². The molecule has 0 amide bonds. The van der Waals surface area contributed by atoms with Crippen LogP contribution in [0.3, 0.4) is 0 Å². The van der Waals surface area contributed by atoms with Gasteiger partial charge in [0.15, 0.2) is 6.29 Å². The van der Waals surface area contributed by atoms with Crippen LogP contribution < -0.4 is 0 Å². The van der Waals surface area contributed by atoms with Gasteiger partial charge in [0.25, 0.3) is 0 Å². The summed E-state index contributed by atoms with van der Waals surface area (Å²) in [4.78, 5) is 0. The van der Waals surface area contributed by atoms with Crippen molar-refractivity contribution in [1.82, 2.24) is 0 Å². The topological polar surface area (TPSA) is 36.9 Å². The summed E-state index contributed by atoms with van der Waals surface area (Å²) in [6, 6.07) is 0. The summed E-state index contributed by atoms with van der Waals surface area (Å²) in [5, 5.41) is 0. The molecular formula is C13H22O4. The summed E-state index contributed by atoms with van der Waals surface area (Å²) < 4.78 is 23.3. The lowest BCUT2D eigenvalue weighted by Gasteiger charge is -2.27. The molecule has 17 heavy (non-hydrogen) atoms. The normalized spacial score (nSPS) is 46.1. The van der Waals surface area contributed by atoms with Gasteiger partial charge in [0.05, 0.1) is 19.3 Å². The first-order valence-electron chi connectivity index (χ1n) is 6.88. The molecule has 3 fully saturated rings. The molecule has 0 N–H and O–H groups in total. The minimum atomic E-state index is -0.0413. The smallest absolute Gasteiger partial charge is 0.158 e. The van der Waals surface area contributed by atoms with Crippen molar-refractivity contribution >= 4 is 0 Å². The van der Waals surface area contributed by atoms with Gasteiger partial charge in [-0.25, -0.2) is 0 Å². The van der Waals surface area contributed by atoms with Crippen LogP contribution in [0, 0.1) is 5.92 Å². The zero-order valence-electron chi connectivity index (χ0n) is 10.5. The highest BCUT2D eigenvalue weighted by atomic mass is 16.7. The van der Waals surface area contributed by atoms with Gasteiger partial charge >= 0.3 is 0 Å². The van der Waals surface area contributed by atoms with Crippen LogP contribution in [0.2, 0.25) is 0 Å². The maximum Gasteiger partial charge on any atom is 0.158 e. The van der Waals surface area contributed by atoms with Gasteiger partial charge in [-0.05, 0) is 25.7 Å². The second kappa shape index (κ2) is 5.22. The quantitative estimate of drug-likeness (QED) is 0.755. The number of ether oxygens (including phenoxy) is 4. The Morgan fingerprint density at radius 3 is 2.71 bits per heavy atom. The number of hydrogen-bond donors (Lipinski definition) is 0. The minimum absolute atomic E-state index is 0.0413. The summed E-state index contributed by atoms with van der Waals surface area (Å²) in [5.41, 5.74) is 0. The van der Waals surface area contributed by atoms with Crippen LogP contribution in [0.5, 0.6) is 0 Å². The van der Waals surface area contributed by atoms with E-state index in [0.29, 0.717) is 12.5 Å². The molecule has 3 aliphatic heterocycles. The standard InChI is InChI=1S/C13H22O4/c1-2-9-7-15-13-10(8-16-12(9)13)17-11-5-3-4-6-14-11/h9-13H,2-8H2,1H3. The molecule has 0 bridgehead atoms. The molecule has 5 unspecified atom stereocenters. The predicted molar refractivity (Wildman–Crippen MR) is 61.7 cm³/mol. The Bertz CT molecular complexity index is 252. The molecule has 98 valence electrons. The zero-order valence-corrected chi connectivity index (χ0v) is 10.5. The molecule has 0 spiro atoms. The van der Waals surface area contributed by atoms with E-state index in [-0.39, 0.29) is 24.6 Å². The first-order chi connectivity index (χ1) is 8.38. The third kappa shape index (κ3) is 2.36. The average molecular weight is 242 g/mol. The van der Waals surface area contributed by atoms with Crippen molar-refractivity contribution in [2.45, 2.75) is 57.2 Å². The Morgan fingerprint density at radius 2 is 1.94 bits per heavy atom. The molecule has 4 heteroatoms. The Morgan fingerprint density at radius 1 is 1.06 bits per heavy atom. The van der Waals surface area contributed by atoms with Crippen LogP contribution in [0.1, 0.15) is 32.6 Å². The first-order valence-corrected chi connectivity index (χ1v) is 6.88. The summed E-state index contributed by atoms with van der Waals surface area (Å²) in [6.07, 6.45) is 4.88. The third-order valence-electron chi connectivity index (χ3n) is 4.10. The van der Waals surface area contributed by atoms with E-state index in [4.69, 9.17) is 18.9 Å². The van der Waals surface area contributed by atoms with E-state index < -0.39 is 0 Å². The number of fused-ring (bicyclic) bond motifs is 1. The fourth-order valence-corrected chi connectivity index (χ4v) is 3.02. The van der Waals surface area contributed by atoms with Gasteiger partial charge in [-0.2, -0.15) is 0 Å². The Labute approximate surface area is 103 Å². The second-order valence-electron chi connectivity index (χ2n) is 5.23. The highest BCUT2D eigenvalue weighted by Gasteiger charge is 2.48. The first kappa shape index (κ1) is 11.9. The molecule has 0 aromatic carbocycles. The van der Waals surface area contributed by atoms with Crippen LogP contribution in [0.4, 0.5) is 0 Å². The van der Waals surface area contributed by atoms with Gasteiger partial charge < -0.3 is 18.9 Å². The molecular weight excluding hydrogens is 220 g/mol. The Balaban J connectivity index is 1.55. The Hall–Kier alpha value is -0.160. The lowest BCUT2D eigenvalue weighted by Crippen LogP contribution is -2.36. The van der Waals surface area contributed by atoms with Crippen LogP contribution in [-0.2, 0) is 18.9 Å². The summed E-state index contributed by atoms with van der Waals surface area (Å²) in [7, 11) is 0. The average Bonchev–Trinajstić information content (AvgIpc) is 2.93. The van der Waals surface area contributed by atoms with Gasteiger partial charge in [-0.15, -0.1) is 0 Å². The molecule has 0 aromatic rings. The predicted octanol–water partition coefficient (Wildman–Crippen LogP) is 1.72. The number of rotatable bonds is 3. The molecule has 4 nitrogen and oxygen atoms in total. The number of hydrogen-bond acceptors (Lipinski definition) is 4. The molecule has 5 atom stereocenters. The fraction of sp³-hybridized carbons (Fsp3) is 1.00. The lowest BCUT2D eigenvalue weighted by molar-refractivity contribution is -0.202. The van der Waals surface area contributed by atoms with E-state index in [1.165, 1.54) is 6.42 Å². The van der Waals surface area contributed by atoms with E-state index in [0.717, 1.165) is 32.5 Å². The molecule has 3 rings (SSSR count). The van der Waals surface area contributed by atoms with E-state index in [2.05, 4.69) is 6.92 Å². The van der Waals surface area contributed by atoms with Gasteiger partial charge in [-0.1, -0.05) is 6.92 Å². The van der Waals surface area contributed by atoms with Gasteiger partial charge in [0.1, 0.15) is 12.2 Å². The molecule has 0 saturated carbocycles. The van der Waals surface area contributed by atoms with Crippen molar-refractivity contribution < 1.29 is 18.9 Å². The molecule has 3 saturated heterocycles. The highest BCUT2D eigenvalue weighted by Crippen LogP contribution is 2.35. The van der Waals surface area contributed by atoms with Gasteiger partial charge in [0.2, 0.25) is 0 Å². The maximum absolute atomic E-state index is 5.99. The monoisotopic (exact) mass is 242 g/mol. The third-order valence-corrected chi connectivity index (χ3v) is 4.10. The van der Waals surface area contributed by atoms with E-state index in [1.54, 1.807) is 0 Å². The van der Waals surface area contributed by atoms with Crippen LogP contribution in [0.25, 0.3) is 0 Å². The molecule has 0 aromatic heterocycles. The van der Waals surface area contributed by atoms with Crippen LogP contribution in [-0.4, -0.2) is 44.4 Å². The van der Waals surface area contributed by atoms with Crippen molar-refractivity contribution in [3.63, 3.8) is 0 Å². The maximum atomic E-state index is 5.99. The van der Waals surface area contributed by atoms with E-state index >= 15 is 0 Å². The molecule has 0 aliphatic carbocycles. The fourth-order valence-electron chi connectivity index (χ4n) is 3.02. The van der Waals surface area contributed by atoms with Crippen molar-refractivity contribution in [3.8, 4) is 0 Å². The van der Waals surface area contributed by atoms with Crippen molar-refractivity contribution in [2.75, 3.05) is 19.8 Å². The highest BCUT2D eigenvalue weighted by molar-refractivity contribution is 4.94. The summed E-state index contributed by atoms with van der Waals surface area (Å²) in [5.74, 6) is 0.542. The minimum Gasteiger partial charge on any atom is -0.372 e. The molecule has 3 heterocycles. The lowest BCUT2D eigenvalue weighted by atomic mass is 9.99. The van der Waals surface area contributed by atoms with E-state index in [1.807, 2.05) is 0 Å². The van der Waals surface area contributed by atoms with Crippen molar-refractivity contribution in [3.05, 3.63) is 0 Å². The summed E-state index contributed by atoms with van der Waals surface area (Å²) >= 11 is 0. The molecule has 0 radical (unpaired) electrons. The summed E-state index contributed by atoms with van der Waals surface area (Å²) in [6.45, 7) is 4.49. The molecule has 3 aliphatic rings. The van der Waals surface area contributed by atoms with Crippen LogP contribution >= 0.6 is 0 Å². The second-order valence-corrected chi connectivity index (χ2v) is 5.23. The van der Waals surface area contributed by atoms with Crippen LogP contribution in [0.15, 0.2) is 0 Å². The Kier molecular flexibility index (Phi) is 3.66. The van der Waals surface area contributed by atoms with Crippen molar-refractivity contribution in [1.29, 1.82) is 0 Å². The van der Waals surface area contributed by atoms with E-state index in [9.17, 15) is 0 Å². The van der Waals surface area contributed by atoms with Gasteiger partial charge in [0, 0.05) is 12.5 Å².